The molecule has 1 unspecified atom stereocenters. The van der Waals surface area contributed by atoms with Gasteiger partial charge in [-0.15, -0.1) is 0 Å². The highest BCUT2D eigenvalue weighted by Gasteiger charge is 2.12. The quantitative estimate of drug-likeness (QED) is 0.689. The lowest BCUT2D eigenvalue weighted by Crippen LogP contribution is -2.32. The van der Waals surface area contributed by atoms with Crippen molar-refractivity contribution in [2.75, 3.05) is 6.54 Å². The predicted octanol–water partition coefficient (Wildman–Crippen LogP) is 3.44. The Morgan fingerprint density at radius 3 is 2.32 bits per heavy atom. The number of nitrogens with one attached hydrogen (secondary N) is 1. The molecule has 0 aliphatic rings. The van der Waals surface area contributed by atoms with Gasteiger partial charge < -0.3 is 11.1 Å². The fraction of sp³-hybridized carbons (Fsp3) is 0.318. The highest BCUT2D eigenvalue weighted by molar-refractivity contribution is 5.93. The molecular weight excluding hydrogens is 350 g/mol. The van der Waals surface area contributed by atoms with Crippen LogP contribution in [0.15, 0.2) is 48.7 Å². The molecule has 28 heavy (non-hydrogen) atoms. The van der Waals surface area contributed by atoms with Crippen LogP contribution < -0.4 is 11.1 Å². The summed E-state index contributed by atoms with van der Waals surface area (Å²) >= 11 is 0. The minimum Gasteiger partial charge on any atom is -0.350 e. The Bertz CT molecular complexity index is 942. The van der Waals surface area contributed by atoms with Gasteiger partial charge in [-0.2, -0.15) is 5.10 Å². The van der Waals surface area contributed by atoms with Crippen molar-refractivity contribution >= 4 is 5.91 Å². The average molecular weight is 377 g/mol. The van der Waals surface area contributed by atoms with Crippen molar-refractivity contribution in [2.45, 2.75) is 39.7 Å². The van der Waals surface area contributed by atoms with E-state index in [1.54, 1.807) is 23.0 Å². The summed E-state index contributed by atoms with van der Waals surface area (Å²) in [6.07, 6.45) is 1.56. The van der Waals surface area contributed by atoms with Crippen LogP contribution in [0, 0.1) is 13.8 Å². The normalized spacial score (nSPS) is 12.2. The Morgan fingerprint density at radius 1 is 1.11 bits per heavy atom. The third-order valence-electron chi connectivity index (χ3n) is 4.75. The maximum Gasteiger partial charge on any atom is 0.252 e. The number of hydrogen-bond acceptors (Lipinski definition) is 4. The van der Waals surface area contributed by atoms with Crippen molar-refractivity contribution in [3.8, 4) is 5.82 Å². The number of carbonyl (C=O) groups excluding carboxylic acids is 1. The van der Waals surface area contributed by atoms with Crippen LogP contribution in [0.3, 0.4) is 0 Å². The second-order valence-corrected chi connectivity index (χ2v) is 7.38. The van der Waals surface area contributed by atoms with Gasteiger partial charge in [-0.3, -0.25) is 4.79 Å². The third-order valence-corrected chi connectivity index (χ3v) is 4.75. The molecule has 0 aliphatic carbocycles. The highest BCUT2D eigenvalue weighted by Crippen LogP contribution is 2.17. The molecule has 3 rings (SSSR count). The first kappa shape index (κ1) is 19.8. The number of benzene rings is 1. The van der Waals surface area contributed by atoms with Crippen molar-refractivity contribution in [2.24, 2.45) is 5.73 Å². The van der Waals surface area contributed by atoms with Gasteiger partial charge in [0.1, 0.15) is 0 Å². The van der Waals surface area contributed by atoms with E-state index in [-0.39, 0.29) is 11.9 Å². The van der Waals surface area contributed by atoms with Crippen molar-refractivity contribution in [3.63, 3.8) is 0 Å². The molecule has 0 radical (unpaired) electrons. The number of pyridine rings is 1. The molecular formula is C22H27N5O. The molecule has 3 N–H and O–H groups in total. The summed E-state index contributed by atoms with van der Waals surface area (Å²) in [4.78, 5) is 16.8. The molecule has 0 spiro atoms. The first-order valence-electron chi connectivity index (χ1n) is 9.48. The van der Waals surface area contributed by atoms with Gasteiger partial charge in [0.05, 0.1) is 11.3 Å². The lowest BCUT2D eigenvalue weighted by Gasteiger charge is -2.14. The van der Waals surface area contributed by atoms with E-state index in [0.29, 0.717) is 23.8 Å². The number of aryl methyl sites for hydroxylation is 2. The number of aromatic nitrogens is 3. The van der Waals surface area contributed by atoms with Crippen molar-refractivity contribution in [1.29, 1.82) is 0 Å². The van der Waals surface area contributed by atoms with Gasteiger partial charge in [0.2, 0.25) is 0 Å². The zero-order valence-electron chi connectivity index (χ0n) is 16.8. The summed E-state index contributed by atoms with van der Waals surface area (Å²) in [5, 5.41) is 7.29. The van der Waals surface area contributed by atoms with Crippen LogP contribution in [0.5, 0.6) is 0 Å². The fourth-order valence-electron chi connectivity index (χ4n) is 3.06. The third kappa shape index (κ3) is 4.46. The Morgan fingerprint density at radius 2 is 1.79 bits per heavy atom. The van der Waals surface area contributed by atoms with Gasteiger partial charge in [-0.1, -0.05) is 38.1 Å². The van der Waals surface area contributed by atoms with Crippen molar-refractivity contribution in [3.05, 3.63) is 76.7 Å². The number of nitrogens with zero attached hydrogens (tertiary/aromatic N) is 3. The van der Waals surface area contributed by atoms with Crippen LogP contribution >= 0.6 is 0 Å². The van der Waals surface area contributed by atoms with Crippen LogP contribution in [0.25, 0.3) is 5.82 Å². The Labute approximate surface area is 165 Å². The van der Waals surface area contributed by atoms with E-state index in [0.717, 1.165) is 17.0 Å². The molecule has 2 heterocycles. The number of hydrogen-bond donors (Lipinski definition) is 2. The molecule has 1 atom stereocenters. The predicted molar refractivity (Wildman–Crippen MR) is 111 cm³/mol. The van der Waals surface area contributed by atoms with E-state index in [2.05, 4.69) is 41.4 Å². The van der Waals surface area contributed by atoms with Crippen LogP contribution in [0.4, 0.5) is 0 Å². The lowest BCUT2D eigenvalue weighted by molar-refractivity contribution is 0.0951. The largest absolute Gasteiger partial charge is 0.350 e. The molecule has 0 bridgehead atoms. The maximum absolute atomic E-state index is 12.4. The SMILES string of the molecule is Cc1cc(C)n(-c2ccc(C(=O)NCC(N)c3ccc(C(C)C)cc3)cn2)n1. The summed E-state index contributed by atoms with van der Waals surface area (Å²) in [5.41, 5.74) is 10.9. The Kier molecular flexibility index (Phi) is 5.90. The average Bonchev–Trinajstić information content (AvgIpc) is 3.04. The van der Waals surface area contributed by atoms with Crippen LogP contribution in [0.2, 0.25) is 0 Å². The van der Waals surface area contributed by atoms with Crippen LogP contribution in [-0.2, 0) is 0 Å². The Hall–Kier alpha value is -2.99. The number of nitrogens with two attached hydrogens (primary N) is 1. The minimum atomic E-state index is -0.257. The molecule has 0 fully saturated rings. The molecule has 0 saturated heterocycles. The zero-order chi connectivity index (χ0) is 20.3. The van der Waals surface area contributed by atoms with Crippen LogP contribution in [0.1, 0.15) is 58.7 Å². The molecule has 0 aliphatic heterocycles. The van der Waals surface area contributed by atoms with Gasteiger partial charge in [0, 0.05) is 24.5 Å². The number of amides is 1. The van der Waals surface area contributed by atoms with Crippen LogP contribution in [-0.4, -0.2) is 27.2 Å². The van der Waals surface area contributed by atoms with Crippen molar-refractivity contribution < 1.29 is 4.79 Å². The van der Waals surface area contributed by atoms with Gasteiger partial charge in [-0.25, -0.2) is 9.67 Å². The van der Waals surface area contributed by atoms with Gasteiger partial charge in [0.25, 0.3) is 5.91 Å². The molecule has 3 aromatic rings. The van der Waals surface area contributed by atoms with E-state index < -0.39 is 0 Å². The zero-order valence-corrected chi connectivity index (χ0v) is 16.8. The fourth-order valence-corrected chi connectivity index (χ4v) is 3.06. The van der Waals surface area contributed by atoms with Gasteiger partial charge in [-0.05, 0) is 49.1 Å². The lowest BCUT2D eigenvalue weighted by atomic mass is 9.99. The molecule has 1 aromatic carbocycles. The van der Waals surface area contributed by atoms with Gasteiger partial charge in [0.15, 0.2) is 5.82 Å². The molecule has 6 heteroatoms. The molecule has 1 amide bonds. The summed E-state index contributed by atoms with van der Waals surface area (Å²) in [5.74, 6) is 0.973. The van der Waals surface area contributed by atoms with E-state index >= 15 is 0 Å². The van der Waals surface area contributed by atoms with Gasteiger partial charge >= 0.3 is 0 Å². The highest BCUT2D eigenvalue weighted by atomic mass is 16.1. The van der Waals surface area contributed by atoms with E-state index in [1.165, 1.54) is 5.56 Å². The number of carbonyl (C=O) groups is 1. The second kappa shape index (κ2) is 8.35. The first-order valence-corrected chi connectivity index (χ1v) is 9.48. The Balaban J connectivity index is 1.60. The standard InChI is InChI=1S/C22H27N5O/c1-14(2)17-5-7-18(8-6-17)20(23)13-25-22(28)19-9-10-21(24-12-19)27-16(4)11-15(3)26-27/h5-12,14,20H,13,23H2,1-4H3,(H,25,28). The monoisotopic (exact) mass is 377 g/mol. The summed E-state index contributed by atoms with van der Waals surface area (Å²) in [6, 6.07) is 13.5. The molecule has 2 aromatic heterocycles. The van der Waals surface area contributed by atoms with E-state index in [4.69, 9.17) is 5.73 Å². The topological polar surface area (TPSA) is 85.8 Å². The van der Waals surface area contributed by atoms with Crippen molar-refractivity contribution in [1.82, 2.24) is 20.1 Å². The molecule has 0 saturated carbocycles. The first-order chi connectivity index (χ1) is 13.3. The maximum atomic E-state index is 12.4. The van der Waals surface area contributed by atoms with E-state index in [9.17, 15) is 4.79 Å². The number of rotatable bonds is 6. The minimum absolute atomic E-state index is 0.193. The smallest absolute Gasteiger partial charge is 0.252 e. The summed E-state index contributed by atoms with van der Waals surface area (Å²) in [7, 11) is 0. The summed E-state index contributed by atoms with van der Waals surface area (Å²) < 4.78 is 1.76. The second-order valence-electron chi connectivity index (χ2n) is 7.38. The summed E-state index contributed by atoms with van der Waals surface area (Å²) in [6.45, 7) is 8.58. The molecule has 6 nitrogen and oxygen atoms in total. The molecule has 146 valence electrons. The van der Waals surface area contributed by atoms with E-state index in [1.807, 2.05) is 32.0 Å².